The molecule has 1 atom stereocenters. The maximum absolute atomic E-state index is 10.5. The molecular weight excluding hydrogens is 178 g/mol. The van der Waals surface area contributed by atoms with Crippen molar-refractivity contribution in [3.63, 3.8) is 0 Å². The van der Waals surface area contributed by atoms with Crippen LogP contribution in [-0.4, -0.2) is 35.1 Å². The van der Waals surface area contributed by atoms with E-state index in [4.69, 9.17) is 5.11 Å². The summed E-state index contributed by atoms with van der Waals surface area (Å²) < 4.78 is 0. The first-order chi connectivity index (χ1) is 6.50. The quantitative estimate of drug-likeness (QED) is 0.698. The maximum atomic E-state index is 10.5. The van der Waals surface area contributed by atoms with Gasteiger partial charge in [-0.1, -0.05) is 12.2 Å². The fourth-order valence-corrected chi connectivity index (χ4v) is 1.93. The van der Waals surface area contributed by atoms with E-state index in [-0.39, 0.29) is 6.42 Å². The van der Waals surface area contributed by atoms with Gasteiger partial charge in [0.25, 0.3) is 0 Å². The van der Waals surface area contributed by atoms with Gasteiger partial charge >= 0.3 is 5.97 Å². The number of carboxylic acid groups (broad SMARTS) is 1. The van der Waals surface area contributed by atoms with Gasteiger partial charge in [0.15, 0.2) is 0 Å². The molecule has 1 fully saturated rings. The molecule has 14 heavy (non-hydrogen) atoms. The number of carbonyl (C=O) groups is 1. The zero-order valence-electron chi connectivity index (χ0n) is 8.99. The molecule has 1 aliphatic heterocycles. The van der Waals surface area contributed by atoms with Crippen molar-refractivity contribution in [2.24, 2.45) is 5.92 Å². The van der Waals surface area contributed by atoms with Crippen LogP contribution in [0.15, 0.2) is 12.2 Å². The van der Waals surface area contributed by atoms with Crippen molar-refractivity contribution < 1.29 is 9.90 Å². The molecule has 1 aliphatic rings. The summed E-state index contributed by atoms with van der Waals surface area (Å²) in [4.78, 5) is 12.9. The molecule has 0 amide bonds. The number of hydrogen-bond acceptors (Lipinski definition) is 2. The molecule has 3 nitrogen and oxygen atoms in total. The highest BCUT2D eigenvalue weighted by Crippen LogP contribution is 2.25. The van der Waals surface area contributed by atoms with E-state index in [1.807, 2.05) is 0 Å². The Bertz CT molecular complexity index is 235. The molecule has 80 valence electrons. The lowest BCUT2D eigenvalue weighted by Gasteiger charge is -2.20. The molecule has 0 aliphatic carbocycles. The Morgan fingerprint density at radius 1 is 1.64 bits per heavy atom. The third kappa shape index (κ3) is 2.84. The van der Waals surface area contributed by atoms with Gasteiger partial charge in [-0.05, 0) is 32.7 Å². The van der Waals surface area contributed by atoms with Gasteiger partial charge in [0.05, 0.1) is 6.42 Å². The smallest absolute Gasteiger partial charge is 0.307 e. The number of rotatable bonds is 4. The standard InChI is InChI=1S/C11H19NO2/c1-8(2)12-5-4-10(7-12)9(3)6-11(13)14/h8,10H,3-7H2,1-2H3,(H,13,14). The van der Waals surface area contributed by atoms with Crippen LogP contribution in [0.3, 0.4) is 0 Å². The molecule has 3 heteroatoms. The molecule has 0 aromatic heterocycles. The second-order valence-electron chi connectivity index (χ2n) is 4.30. The van der Waals surface area contributed by atoms with Gasteiger partial charge in [-0.25, -0.2) is 0 Å². The summed E-state index contributed by atoms with van der Waals surface area (Å²) in [6.45, 7) is 10.2. The Hall–Kier alpha value is -0.830. The van der Waals surface area contributed by atoms with Gasteiger partial charge in [-0.2, -0.15) is 0 Å². The van der Waals surface area contributed by atoms with Crippen molar-refractivity contribution >= 4 is 5.97 Å². The lowest BCUT2D eigenvalue weighted by Crippen LogP contribution is -2.28. The Labute approximate surface area is 85.4 Å². The Kier molecular flexibility index (Phi) is 3.69. The number of nitrogens with zero attached hydrogens (tertiary/aromatic N) is 1. The minimum absolute atomic E-state index is 0.122. The van der Waals surface area contributed by atoms with Crippen LogP contribution in [0, 0.1) is 5.92 Å². The van der Waals surface area contributed by atoms with Gasteiger partial charge in [0, 0.05) is 12.6 Å². The van der Waals surface area contributed by atoms with Crippen LogP contribution in [0.2, 0.25) is 0 Å². The molecular formula is C11H19NO2. The molecule has 1 heterocycles. The van der Waals surface area contributed by atoms with Gasteiger partial charge in [0.1, 0.15) is 0 Å². The van der Waals surface area contributed by atoms with Gasteiger partial charge in [-0.3, -0.25) is 4.79 Å². The minimum atomic E-state index is -0.766. The summed E-state index contributed by atoms with van der Waals surface area (Å²) in [6.07, 6.45) is 1.18. The third-order valence-corrected chi connectivity index (χ3v) is 2.91. The molecule has 0 radical (unpaired) electrons. The van der Waals surface area contributed by atoms with E-state index in [0.29, 0.717) is 12.0 Å². The molecule has 1 N–H and O–H groups in total. The van der Waals surface area contributed by atoms with Gasteiger partial charge in [-0.15, -0.1) is 0 Å². The van der Waals surface area contributed by atoms with Crippen LogP contribution in [0.4, 0.5) is 0 Å². The number of hydrogen-bond donors (Lipinski definition) is 1. The average Bonchev–Trinajstić information content (AvgIpc) is 2.50. The molecule has 0 aromatic carbocycles. The second-order valence-corrected chi connectivity index (χ2v) is 4.30. The zero-order chi connectivity index (χ0) is 10.7. The largest absolute Gasteiger partial charge is 0.481 e. The predicted molar refractivity (Wildman–Crippen MR) is 56.2 cm³/mol. The van der Waals surface area contributed by atoms with Crippen molar-refractivity contribution in [2.45, 2.75) is 32.7 Å². The topological polar surface area (TPSA) is 40.5 Å². The normalized spacial score (nSPS) is 22.9. The minimum Gasteiger partial charge on any atom is -0.481 e. The summed E-state index contributed by atoms with van der Waals surface area (Å²) >= 11 is 0. The van der Waals surface area contributed by atoms with Gasteiger partial charge in [0.2, 0.25) is 0 Å². The first kappa shape index (κ1) is 11.2. The second kappa shape index (κ2) is 4.60. The van der Waals surface area contributed by atoms with Crippen LogP contribution < -0.4 is 0 Å². The van der Waals surface area contributed by atoms with E-state index in [9.17, 15) is 4.79 Å². The van der Waals surface area contributed by atoms with Crippen molar-refractivity contribution in [3.8, 4) is 0 Å². The van der Waals surface area contributed by atoms with E-state index in [0.717, 1.165) is 25.1 Å². The van der Waals surface area contributed by atoms with Crippen molar-refractivity contribution in [2.75, 3.05) is 13.1 Å². The van der Waals surface area contributed by atoms with Crippen molar-refractivity contribution in [3.05, 3.63) is 12.2 Å². The van der Waals surface area contributed by atoms with Crippen LogP contribution >= 0.6 is 0 Å². The first-order valence-corrected chi connectivity index (χ1v) is 5.14. The maximum Gasteiger partial charge on any atom is 0.307 e. The predicted octanol–water partition coefficient (Wildman–Crippen LogP) is 1.75. The van der Waals surface area contributed by atoms with Gasteiger partial charge < -0.3 is 10.0 Å². The molecule has 0 bridgehead atoms. The van der Waals surface area contributed by atoms with Crippen molar-refractivity contribution in [1.29, 1.82) is 0 Å². The number of likely N-dealkylation sites (tertiary alicyclic amines) is 1. The molecule has 1 unspecified atom stereocenters. The number of aliphatic carboxylic acids is 1. The Morgan fingerprint density at radius 2 is 2.29 bits per heavy atom. The summed E-state index contributed by atoms with van der Waals surface area (Å²) in [6, 6.07) is 0.553. The van der Waals surface area contributed by atoms with E-state index in [2.05, 4.69) is 25.3 Å². The monoisotopic (exact) mass is 197 g/mol. The summed E-state index contributed by atoms with van der Waals surface area (Å²) in [5.41, 5.74) is 0.876. The van der Waals surface area contributed by atoms with Crippen LogP contribution in [-0.2, 0) is 4.79 Å². The average molecular weight is 197 g/mol. The van der Waals surface area contributed by atoms with Crippen LogP contribution in [0.25, 0.3) is 0 Å². The lowest BCUT2D eigenvalue weighted by atomic mass is 9.97. The van der Waals surface area contributed by atoms with E-state index < -0.39 is 5.97 Å². The Balaban J connectivity index is 2.41. The highest BCUT2D eigenvalue weighted by Gasteiger charge is 2.26. The lowest BCUT2D eigenvalue weighted by molar-refractivity contribution is -0.136. The van der Waals surface area contributed by atoms with E-state index >= 15 is 0 Å². The van der Waals surface area contributed by atoms with E-state index in [1.54, 1.807) is 0 Å². The number of carboxylic acids is 1. The summed E-state index contributed by atoms with van der Waals surface area (Å²) in [7, 11) is 0. The SMILES string of the molecule is C=C(CC(=O)O)C1CCN(C(C)C)C1. The Morgan fingerprint density at radius 3 is 2.71 bits per heavy atom. The highest BCUT2D eigenvalue weighted by molar-refractivity contribution is 5.69. The third-order valence-electron chi connectivity index (χ3n) is 2.91. The summed E-state index contributed by atoms with van der Waals surface area (Å²) in [5, 5.41) is 8.64. The molecule has 1 saturated heterocycles. The van der Waals surface area contributed by atoms with Crippen LogP contribution in [0.1, 0.15) is 26.7 Å². The van der Waals surface area contributed by atoms with E-state index in [1.165, 1.54) is 0 Å². The molecule has 0 aromatic rings. The van der Waals surface area contributed by atoms with Crippen LogP contribution in [0.5, 0.6) is 0 Å². The molecule has 1 rings (SSSR count). The molecule has 0 saturated carbocycles. The first-order valence-electron chi connectivity index (χ1n) is 5.14. The fraction of sp³-hybridized carbons (Fsp3) is 0.727. The summed E-state index contributed by atoms with van der Waals surface area (Å²) in [5.74, 6) is -0.383. The fourth-order valence-electron chi connectivity index (χ4n) is 1.93. The molecule has 0 spiro atoms. The zero-order valence-corrected chi connectivity index (χ0v) is 8.99. The van der Waals surface area contributed by atoms with Crippen molar-refractivity contribution in [1.82, 2.24) is 4.90 Å². The highest BCUT2D eigenvalue weighted by atomic mass is 16.4.